The second-order valence-electron chi connectivity index (χ2n) is 16.3. The Bertz CT molecular complexity index is 2360. The molecule has 16 heteroatoms. The largest absolute Gasteiger partial charge is 0.497 e. The molecule has 3 amide bonds. The maximum Gasteiger partial charge on any atom is 0.408 e. The number of H-pyrrole nitrogens is 1. The number of nitrogens with one attached hydrogen (secondary N) is 4. The quantitative estimate of drug-likeness (QED) is 0.0606. The van der Waals surface area contributed by atoms with Gasteiger partial charge in [0.05, 0.1) is 13.4 Å². The van der Waals surface area contributed by atoms with Crippen molar-refractivity contribution in [1.82, 2.24) is 45.6 Å². The predicted octanol–water partition coefficient (Wildman–Crippen LogP) is 6.35. The van der Waals surface area contributed by atoms with Gasteiger partial charge in [-0.25, -0.2) is 14.8 Å². The Labute approximate surface area is 361 Å². The van der Waals surface area contributed by atoms with Crippen LogP contribution < -0.4 is 26.4 Å². The van der Waals surface area contributed by atoms with Gasteiger partial charge in [0, 0.05) is 43.7 Å². The first-order valence-electron chi connectivity index (χ1n) is 20.7. The summed E-state index contributed by atoms with van der Waals surface area (Å²) in [6, 6.07) is 19.2. The molecule has 3 aromatic carbocycles. The number of anilines is 1. The van der Waals surface area contributed by atoms with Crippen LogP contribution in [0.4, 0.5) is 10.7 Å². The number of carbonyl (C=O) groups excluding carboxylic acids is 3. The smallest absolute Gasteiger partial charge is 0.408 e. The number of hydrogen-bond acceptors (Lipinski definition) is 11. The molecule has 62 heavy (non-hydrogen) atoms. The van der Waals surface area contributed by atoms with Crippen LogP contribution in [0.15, 0.2) is 96.2 Å². The molecule has 0 aliphatic rings. The normalized spacial score (nSPS) is 12.9. The van der Waals surface area contributed by atoms with Gasteiger partial charge < -0.3 is 45.2 Å². The zero-order chi connectivity index (χ0) is 44.2. The second kappa shape index (κ2) is 20.5. The monoisotopic (exact) mass is 844 g/mol. The highest BCUT2D eigenvalue weighted by atomic mass is 16.6. The number of nitrogens with two attached hydrogens (primary N) is 1. The number of benzene rings is 3. The fourth-order valence-electron chi connectivity index (χ4n) is 7.15. The maximum atomic E-state index is 14.7. The summed E-state index contributed by atoms with van der Waals surface area (Å²) in [6.07, 6.45) is 7.96. The van der Waals surface area contributed by atoms with Crippen molar-refractivity contribution in [3.8, 4) is 16.9 Å². The summed E-state index contributed by atoms with van der Waals surface area (Å²) in [6.45, 7) is 9.52. The third-order valence-electron chi connectivity index (χ3n) is 10.4. The summed E-state index contributed by atoms with van der Waals surface area (Å²) in [4.78, 5) is 58.1. The fourth-order valence-corrected chi connectivity index (χ4v) is 7.15. The van der Waals surface area contributed by atoms with Crippen LogP contribution >= 0.6 is 0 Å². The summed E-state index contributed by atoms with van der Waals surface area (Å²) < 4.78 is 18.6. The molecule has 0 bridgehead atoms. The number of carbonyl (C=O) groups is 3. The zero-order valence-electron chi connectivity index (χ0n) is 36.1. The van der Waals surface area contributed by atoms with Crippen molar-refractivity contribution in [3.63, 3.8) is 0 Å². The van der Waals surface area contributed by atoms with Crippen LogP contribution in [0.1, 0.15) is 85.7 Å². The zero-order valence-corrected chi connectivity index (χ0v) is 36.1. The highest BCUT2D eigenvalue weighted by Gasteiger charge is 2.32. The van der Waals surface area contributed by atoms with Gasteiger partial charge in [0.1, 0.15) is 29.5 Å². The third-order valence-corrected chi connectivity index (χ3v) is 10.4. The Balaban J connectivity index is 1.25. The van der Waals surface area contributed by atoms with E-state index in [2.05, 4.69) is 60.3 Å². The number of alkyl carbamates (subject to hydrolysis) is 1. The Kier molecular flexibility index (Phi) is 14.8. The molecule has 16 nitrogen and oxygen atoms in total. The number of amides is 3. The van der Waals surface area contributed by atoms with Gasteiger partial charge in [0.25, 0.3) is 0 Å². The topological polar surface area (TPSA) is 217 Å². The number of nitrogen functional groups attached to an aromatic ring is 1. The molecule has 0 saturated heterocycles. The molecule has 3 aromatic heterocycles. The number of hydrogen-bond donors (Lipinski definition) is 5. The number of nitrogens with zero attached hydrogens (tertiary/aromatic N) is 5. The molecule has 6 N–H and O–H groups in total. The van der Waals surface area contributed by atoms with E-state index in [-0.39, 0.29) is 18.7 Å². The standard InChI is InChI=1S/C46H56N10O6/c1-29-23-35(60-6)24-30(2)36(29)26-39(52-41(57)37(53-45(59)61-46(3,4)5)13-10-21-56-22-20-49-44(56)47)42(58)51-38(19-18-34-27-48-28-50-34)43-54-40(55-62-43)25-31-14-16-33(17-15-31)32-11-8-7-9-12-32/h7-9,11-12,14-17,20,22-24,27-28,37-39H,10,13,18-19,21,25-26H2,1-6H3,(H2,47,49)(H,48,50)(H,51,58)(H,52,57)(H,53,59)/t37-,38+,39+/m1/s1. The number of aromatic nitrogens is 6. The predicted molar refractivity (Wildman–Crippen MR) is 234 cm³/mol. The van der Waals surface area contributed by atoms with Crippen molar-refractivity contribution in [1.29, 1.82) is 0 Å². The Morgan fingerprint density at radius 3 is 2.27 bits per heavy atom. The molecule has 6 rings (SSSR count). The summed E-state index contributed by atoms with van der Waals surface area (Å²) in [5.74, 6) is 0.634. The molecule has 3 atom stereocenters. The van der Waals surface area contributed by atoms with E-state index in [1.807, 2.05) is 56.3 Å². The molecule has 0 aliphatic heterocycles. The van der Waals surface area contributed by atoms with E-state index in [1.165, 1.54) is 0 Å². The average Bonchev–Trinajstić information content (AvgIpc) is 4.03. The molecule has 0 radical (unpaired) electrons. The van der Waals surface area contributed by atoms with E-state index in [4.69, 9.17) is 24.7 Å². The number of rotatable bonds is 19. The first-order valence-corrected chi connectivity index (χ1v) is 20.7. The molecule has 0 spiro atoms. The Morgan fingerprint density at radius 1 is 0.919 bits per heavy atom. The van der Waals surface area contributed by atoms with Gasteiger partial charge in [-0.2, -0.15) is 4.98 Å². The van der Waals surface area contributed by atoms with Crippen LogP contribution in [-0.2, 0) is 40.1 Å². The first kappa shape index (κ1) is 44.6. The Hall–Kier alpha value is -6.97. The van der Waals surface area contributed by atoms with E-state index in [1.54, 1.807) is 57.4 Å². The minimum atomic E-state index is -1.10. The molecule has 0 unspecified atom stereocenters. The van der Waals surface area contributed by atoms with Gasteiger partial charge in [-0.1, -0.05) is 59.8 Å². The number of aryl methyl sites for hydroxylation is 4. The van der Waals surface area contributed by atoms with Crippen molar-refractivity contribution >= 4 is 23.9 Å². The first-order chi connectivity index (χ1) is 29.7. The molecular formula is C46H56N10O6. The summed E-state index contributed by atoms with van der Waals surface area (Å²) in [5.41, 5.74) is 11.8. The van der Waals surface area contributed by atoms with E-state index in [0.29, 0.717) is 49.8 Å². The summed E-state index contributed by atoms with van der Waals surface area (Å²) in [5, 5.41) is 13.1. The van der Waals surface area contributed by atoms with Gasteiger partial charge in [-0.15, -0.1) is 0 Å². The summed E-state index contributed by atoms with van der Waals surface area (Å²) >= 11 is 0. The number of ether oxygens (including phenoxy) is 2. The van der Waals surface area contributed by atoms with Crippen molar-refractivity contribution in [3.05, 3.63) is 131 Å². The third kappa shape index (κ3) is 12.5. The second-order valence-corrected chi connectivity index (χ2v) is 16.3. The van der Waals surface area contributed by atoms with E-state index in [9.17, 15) is 14.4 Å². The average molecular weight is 845 g/mol. The van der Waals surface area contributed by atoms with Gasteiger partial charge in [-0.05, 0) is 106 Å². The van der Waals surface area contributed by atoms with Gasteiger partial charge >= 0.3 is 6.09 Å². The van der Waals surface area contributed by atoms with E-state index < -0.39 is 41.6 Å². The molecule has 3 heterocycles. The molecule has 6 aromatic rings. The lowest BCUT2D eigenvalue weighted by atomic mass is 9.95. The van der Waals surface area contributed by atoms with Crippen LogP contribution in [0.5, 0.6) is 5.75 Å². The molecule has 0 fully saturated rings. The van der Waals surface area contributed by atoms with Crippen LogP contribution in [0.25, 0.3) is 11.1 Å². The molecule has 0 saturated carbocycles. The summed E-state index contributed by atoms with van der Waals surface area (Å²) in [7, 11) is 1.59. The SMILES string of the molecule is COc1cc(C)c(C[C@H](NC(=O)[C@@H](CCCn2ccnc2N)NC(=O)OC(C)(C)C)C(=O)N[C@@H](CCc2cnc[nH]2)c2nc(Cc3ccc(-c4ccccc4)cc3)no2)c(C)c1. The number of aromatic amines is 1. The van der Waals surface area contributed by atoms with Gasteiger partial charge in [0.15, 0.2) is 11.8 Å². The van der Waals surface area contributed by atoms with Crippen molar-refractivity contribution < 1.29 is 28.4 Å². The van der Waals surface area contributed by atoms with Crippen LogP contribution in [0, 0.1) is 13.8 Å². The lowest BCUT2D eigenvalue weighted by Gasteiger charge is -2.27. The van der Waals surface area contributed by atoms with Gasteiger partial charge in [-0.3, -0.25) is 9.59 Å². The van der Waals surface area contributed by atoms with Crippen LogP contribution in [0.2, 0.25) is 0 Å². The van der Waals surface area contributed by atoms with E-state index >= 15 is 0 Å². The highest BCUT2D eigenvalue weighted by molar-refractivity contribution is 5.91. The lowest BCUT2D eigenvalue weighted by molar-refractivity contribution is -0.130. The minimum Gasteiger partial charge on any atom is -0.497 e. The number of imidazole rings is 2. The fraction of sp³-hybridized carbons (Fsp3) is 0.370. The molecular weight excluding hydrogens is 789 g/mol. The molecule has 326 valence electrons. The van der Waals surface area contributed by atoms with Crippen molar-refractivity contribution in [2.45, 2.75) is 103 Å². The van der Waals surface area contributed by atoms with Gasteiger partial charge in [0.2, 0.25) is 17.7 Å². The molecule has 0 aliphatic carbocycles. The van der Waals surface area contributed by atoms with E-state index in [0.717, 1.165) is 39.1 Å². The van der Waals surface area contributed by atoms with Crippen molar-refractivity contribution in [2.75, 3.05) is 12.8 Å². The number of methoxy groups -OCH3 is 1. The van der Waals surface area contributed by atoms with Crippen molar-refractivity contribution in [2.24, 2.45) is 0 Å². The van der Waals surface area contributed by atoms with Crippen LogP contribution in [0.3, 0.4) is 0 Å². The highest BCUT2D eigenvalue weighted by Crippen LogP contribution is 2.25. The van der Waals surface area contributed by atoms with Crippen LogP contribution in [-0.4, -0.2) is 72.4 Å². The minimum absolute atomic E-state index is 0.130. The maximum absolute atomic E-state index is 14.7. The lowest BCUT2D eigenvalue weighted by Crippen LogP contribution is -2.55. The Morgan fingerprint density at radius 2 is 1.63 bits per heavy atom.